The standard InChI is InChI=1S/C32H38N8O5/c1-19-9-10-23-15-22(19)7-5-13-33-27(42)18-39(16-20(2)34-31(44)28(21(3)41)35-30(23)43)32(45)24-11-12-26-36-37-29(40(26)17-24)25-8-6-14-38(25)4/h6,8-12,14-15,17,20-21,28,41H,5,7,13,16,18H2,1-4H3,(H,33,42)(H,34,44)(H,35,43)/t20-,21-,28+/m1/s1. The van der Waals surface area contributed by atoms with Gasteiger partial charge in [0.25, 0.3) is 11.8 Å². The van der Waals surface area contributed by atoms with Gasteiger partial charge in [-0.05, 0) is 81.1 Å². The molecule has 1 aromatic carbocycles. The number of aryl methyl sites for hydroxylation is 3. The smallest absolute Gasteiger partial charge is 0.255 e. The fourth-order valence-corrected chi connectivity index (χ4v) is 5.44. The van der Waals surface area contributed by atoms with Gasteiger partial charge in [0.15, 0.2) is 11.5 Å². The van der Waals surface area contributed by atoms with Gasteiger partial charge in [0.2, 0.25) is 11.8 Å². The molecule has 0 radical (unpaired) electrons. The zero-order valence-corrected chi connectivity index (χ0v) is 25.8. The van der Waals surface area contributed by atoms with Crippen LogP contribution in [0.1, 0.15) is 52.1 Å². The van der Waals surface area contributed by atoms with Crippen LogP contribution in [0.15, 0.2) is 54.9 Å². The number of aliphatic hydroxyl groups excluding tert-OH is 1. The van der Waals surface area contributed by atoms with Crippen LogP contribution in [0.5, 0.6) is 0 Å². The number of pyridine rings is 1. The summed E-state index contributed by atoms with van der Waals surface area (Å²) in [6.07, 6.45) is 3.56. The number of nitrogens with zero attached hydrogens (tertiary/aromatic N) is 5. The maximum Gasteiger partial charge on any atom is 0.255 e. The predicted octanol–water partition coefficient (Wildman–Crippen LogP) is 1.23. The van der Waals surface area contributed by atoms with Gasteiger partial charge >= 0.3 is 0 Å². The maximum atomic E-state index is 13.9. The Labute approximate surface area is 260 Å². The molecule has 5 rings (SSSR count). The Balaban J connectivity index is 1.43. The highest BCUT2D eigenvalue weighted by Crippen LogP contribution is 2.20. The average Bonchev–Trinajstić information content (AvgIpc) is 3.62. The lowest BCUT2D eigenvalue weighted by molar-refractivity contribution is -0.126. The first-order valence-electron chi connectivity index (χ1n) is 14.9. The molecule has 4 aromatic rings. The van der Waals surface area contributed by atoms with Crippen LogP contribution in [0.25, 0.3) is 17.2 Å². The lowest BCUT2D eigenvalue weighted by atomic mass is 10.00. The molecule has 0 fully saturated rings. The van der Waals surface area contributed by atoms with Crippen LogP contribution in [0.3, 0.4) is 0 Å². The van der Waals surface area contributed by atoms with Crippen LogP contribution in [0, 0.1) is 6.92 Å². The Hall–Kier alpha value is -5.04. The van der Waals surface area contributed by atoms with E-state index in [0.717, 1.165) is 16.8 Å². The van der Waals surface area contributed by atoms with E-state index in [0.29, 0.717) is 42.0 Å². The van der Waals surface area contributed by atoms with Crippen LogP contribution in [0.2, 0.25) is 0 Å². The zero-order chi connectivity index (χ0) is 32.2. The summed E-state index contributed by atoms with van der Waals surface area (Å²) < 4.78 is 3.62. The van der Waals surface area contributed by atoms with Gasteiger partial charge in [0.1, 0.15) is 6.04 Å². The highest BCUT2D eigenvalue weighted by Gasteiger charge is 2.29. The molecule has 236 valence electrons. The number of benzene rings is 1. The van der Waals surface area contributed by atoms with Crippen molar-refractivity contribution >= 4 is 29.3 Å². The number of aromatic nitrogens is 4. The second-order valence-electron chi connectivity index (χ2n) is 11.6. The zero-order valence-electron chi connectivity index (χ0n) is 25.8. The molecule has 4 heterocycles. The van der Waals surface area contributed by atoms with E-state index >= 15 is 0 Å². The number of carbonyl (C=O) groups is 4. The number of fused-ring (bicyclic) bond motifs is 3. The monoisotopic (exact) mass is 614 g/mol. The van der Waals surface area contributed by atoms with Gasteiger partial charge in [-0.2, -0.15) is 0 Å². The maximum absolute atomic E-state index is 13.9. The van der Waals surface area contributed by atoms with Crippen LogP contribution in [-0.2, 0) is 23.1 Å². The first kappa shape index (κ1) is 31.4. The van der Waals surface area contributed by atoms with Gasteiger partial charge in [-0.1, -0.05) is 6.07 Å². The number of hydrogen-bond acceptors (Lipinski definition) is 7. The fraction of sp³-hybridized carbons (Fsp3) is 0.375. The first-order chi connectivity index (χ1) is 21.5. The topological polar surface area (TPSA) is 163 Å². The molecule has 1 aliphatic rings. The second-order valence-corrected chi connectivity index (χ2v) is 11.6. The Kier molecular flexibility index (Phi) is 9.28. The molecule has 1 aliphatic heterocycles. The average molecular weight is 615 g/mol. The molecule has 3 atom stereocenters. The minimum absolute atomic E-state index is 0.0106. The summed E-state index contributed by atoms with van der Waals surface area (Å²) in [5, 5.41) is 27.2. The van der Waals surface area contributed by atoms with E-state index in [-0.39, 0.29) is 19.0 Å². The summed E-state index contributed by atoms with van der Waals surface area (Å²) >= 11 is 0. The van der Waals surface area contributed by atoms with E-state index in [1.54, 1.807) is 41.8 Å². The Morgan fingerprint density at radius 2 is 1.89 bits per heavy atom. The van der Waals surface area contributed by atoms with Crippen molar-refractivity contribution in [2.45, 2.75) is 51.8 Å². The lowest BCUT2D eigenvalue weighted by Gasteiger charge is -2.28. The van der Waals surface area contributed by atoms with Gasteiger partial charge < -0.3 is 30.5 Å². The van der Waals surface area contributed by atoms with Gasteiger partial charge in [0, 0.05) is 44.1 Å². The Morgan fingerprint density at radius 3 is 2.62 bits per heavy atom. The highest BCUT2D eigenvalue weighted by molar-refractivity contribution is 5.98. The highest BCUT2D eigenvalue weighted by atomic mass is 16.3. The van der Waals surface area contributed by atoms with Crippen molar-refractivity contribution < 1.29 is 24.3 Å². The van der Waals surface area contributed by atoms with Crippen molar-refractivity contribution in [1.29, 1.82) is 0 Å². The molecule has 0 unspecified atom stereocenters. The van der Waals surface area contributed by atoms with E-state index in [2.05, 4.69) is 26.1 Å². The molecule has 0 spiro atoms. The third-order valence-electron chi connectivity index (χ3n) is 7.93. The largest absolute Gasteiger partial charge is 0.391 e. The molecule has 0 saturated carbocycles. The fourth-order valence-electron chi connectivity index (χ4n) is 5.44. The van der Waals surface area contributed by atoms with E-state index in [9.17, 15) is 24.3 Å². The third kappa shape index (κ3) is 7.04. The van der Waals surface area contributed by atoms with Crippen molar-refractivity contribution in [3.63, 3.8) is 0 Å². The van der Waals surface area contributed by atoms with Crippen molar-refractivity contribution in [3.05, 3.63) is 77.1 Å². The second kappa shape index (κ2) is 13.3. The molecule has 3 aromatic heterocycles. The molecule has 45 heavy (non-hydrogen) atoms. The van der Waals surface area contributed by atoms with Crippen molar-refractivity contribution in [2.24, 2.45) is 7.05 Å². The third-order valence-corrected chi connectivity index (χ3v) is 7.93. The molecule has 4 N–H and O–H groups in total. The van der Waals surface area contributed by atoms with E-state index in [4.69, 9.17) is 0 Å². The van der Waals surface area contributed by atoms with Crippen LogP contribution in [-0.4, -0.2) is 90.6 Å². The van der Waals surface area contributed by atoms with E-state index in [1.165, 1.54) is 11.8 Å². The summed E-state index contributed by atoms with van der Waals surface area (Å²) in [7, 11) is 1.89. The number of rotatable bonds is 3. The van der Waals surface area contributed by atoms with Gasteiger partial charge in [-0.25, -0.2) is 0 Å². The van der Waals surface area contributed by atoms with Crippen LogP contribution in [0.4, 0.5) is 0 Å². The summed E-state index contributed by atoms with van der Waals surface area (Å²) in [4.78, 5) is 54.7. The summed E-state index contributed by atoms with van der Waals surface area (Å²) in [6.45, 7) is 5.17. The normalized spacial score (nSPS) is 19.4. The van der Waals surface area contributed by atoms with Crippen LogP contribution >= 0.6 is 0 Å². The molecule has 4 amide bonds. The Morgan fingerprint density at radius 1 is 1.09 bits per heavy atom. The number of aliphatic hydroxyl groups is 1. The molecule has 13 nitrogen and oxygen atoms in total. The number of amides is 4. The molecule has 0 aliphatic carbocycles. The number of carbonyl (C=O) groups excluding carboxylic acids is 4. The van der Waals surface area contributed by atoms with Crippen LogP contribution < -0.4 is 16.0 Å². The van der Waals surface area contributed by atoms with Crippen molar-refractivity contribution in [2.75, 3.05) is 19.6 Å². The quantitative estimate of drug-likeness (QED) is 0.270. The molecule has 2 bridgehead atoms. The molecule has 0 saturated heterocycles. The minimum Gasteiger partial charge on any atom is -0.391 e. The first-order valence-corrected chi connectivity index (χ1v) is 14.9. The number of nitrogens with one attached hydrogen (secondary N) is 3. The van der Waals surface area contributed by atoms with Crippen molar-refractivity contribution in [1.82, 2.24) is 40.0 Å². The molecular weight excluding hydrogens is 576 g/mol. The van der Waals surface area contributed by atoms with Crippen molar-refractivity contribution in [3.8, 4) is 11.5 Å². The predicted molar refractivity (Wildman–Crippen MR) is 166 cm³/mol. The van der Waals surface area contributed by atoms with Gasteiger partial charge in [-0.3, -0.25) is 23.6 Å². The van der Waals surface area contributed by atoms with Gasteiger partial charge in [-0.15, -0.1) is 10.2 Å². The Bertz CT molecular complexity index is 1740. The molecule has 13 heteroatoms. The lowest BCUT2D eigenvalue weighted by Crippen LogP contribution is -2.56. The summed E-state index contributed by atoms with van der Waals surface area (Å²) in [5.41, 5.74) is 3.96. The SMILES string of the molecule is Cc1ccc2cc1CCCNC(=O)CN(C(=O)c1ccc3nnc(-c4cccn4C)n3c1)C[C@@H](C)NC(=O)[C@H]([C@@H](C)O)NC2=O. The molecular formula is C32H38N8O5. The summed E-state index contributed by atoms with van der Waals surface area (Å²) in [6, 6.07) is 10.5. The minimum atomic E-state index is -1.24. The van der Waals surface area contributed by atoms with E-state index < -0.39 is 35.9 Å². The van der Waals surface area contributed by atoms with Gasteiger partial charge in [0.05, 0.1) is 23.9 Å². The summed E-state index contributed by atoms with van der Waals surface area (Å²) in [5.74, 6) is -1.31. The number of hydrogen-bond donors (Lipinski definition) is 4. The van der Waals surface area contributed by atoms with E-state index in [1.807, 2.05) is 42.9 Å².